The maximum atomic E-state index is 11.4. The van der Waals surface area contributed by atoms with Gasteiger partial charge in [-0.3, -0.25) is 4.79 Å². The van der Waals surface area contributed by atoms with Gasteiger partial charge in [0.05, 0.1) is 0 Å². The number of hydrogen-bond acceptors (Lipinski definition) is 3. The first-order chi connectivity index (χ1) is 9.05. The monoisotopic (exact) mass is 254 g/mol. The van der Waals surface area contributed by atoms with E-state index < -0.39 is 5.91 Å². The molecule has 0 aliphatic carbocycles. The summed E-state index contributed by atoms with van der Waals surface area (Å²) in [5, 5.41) is 12.3. The molecule has 0 fully saturated rings. The van der Waals surface area contributed by atoms with Gasteiger partial charge in [-0.25, -0.2) is 0 Å². The summed E-state index contributed by atoms with van der Waals surface area (Å²) in [6.45, 7) is 4.04. The summed E-state index contributed by atoms with van der Waals surface area (Å²) in [6, 6.07) is 7.66. The highest BCUT2D eigenvalue weighted by Gasteiger charge is 2.09. The molecule has 1 aromatic carbocycles. The van der Waals surface area contributed by atoms with Crippen molar-refractivity contribution in [2.24, 2.45) is 0 Å². The first-order valence-corrected chi connectivity index (χ1v) is 5.90. The van der Waals surface area contributed by atoms with Crippen LogP contribution < -0.4 is 5.32 Å². The highest BCUT2D eigenvalue weighted by Crippen LogP contribution is 2.24. The zero-order chi connectivity index (χ0) is 14.0. The fraction of sp³-hybridized carbons (Fsp3) is 0.200. The van der Waals surface area contributed by atoms with E-state index in [1.54, 1.807) is 0 Å². The molecule has 1 amide bonds. The number of aryl methyl sites for hydroxylation is 2. The molecule has 0 bridgehead atoms. The Hall–Kier alpha value is -2.54. The molecule has 4 nitrogen and oxygen atoms in total. The summed E-state index contributed by atoms with van der Waals surface area (Å²) in [5.74, 6) is 0.0791. The molecule has 1 heterocycles. The van der Waals surface area contributed by atoms with Crippen molar-refractivity contribution in [3.05, 3.63) is 40.7 Å². The molecule has 0 unspecified atom stereocenters. The van der Waals surface area contributed by atoms with Gasteiger partial charge in [-0.1, -0.05) is 0 Å². The predicted molar refractivity (Wildman–Crippen MR) is 73.3 cm³/mol. The highest BCUT2D eigenvalue weighted by atomic mass is 16.3. The topological polar surface area (TPSA) is 66.0 Å². The van der Waals surface area contributed by atoms with Crippen LogP contribution in [0.1, 0.15) is 16.9 Å². The number of furan rings is 1. The Morgan fingerprint density at radius 3 is 2.63 bits per heavy atom. The molecule has 2 rings (SSSR count). The van der Waals surface area contributed by atoms with Gasteiger partial charge < -0.3 is 9.73 Å². The van der Waals surface area contributed by atoms with Crippen molar-refractivity contribution in [3.63, 3.8) is 0 Å². The van der Waals surface area contributed by atoms with Crippen molar-refractivity contribution in [2.45, 2.75) is 13.8 Å². The van der Waals surface area contributed by atoms with Crippen molar-refractivity contribution < 1.29 is 9.21 Å². The molecule has 0 aliphatic heterocycles. The smallest absolute Gasteiger partial charge is 0.261 e. The van der Waals surface area contributed by atoms with Crippen LogP contribution in [0.2, 0.25) is 0 Å². The molecule has 19 heavy (non-hydrogen) atoms. The lowest BCUT2D eigenvalue weighted by Crippen LogP contribution is -2.18. The Balaban J connectivity index is 2.50. The van der Waals surface area contributed by atoms with Crippen LogP contribution in [0.3, 0.4) is 0 Å². The summed E-state index contributed by atoms with van der Waals surface area (Å²) in [6.07, 6.45) is 1.45. The normalized spacial score (nSPS) is 11.4. The average Bonchev–Trinajstić information content (AvgIpc) is 2.77. The number of fused-ring (bicyclic) bond motifs is 1. The molecule has 0 aliphatic rings. The number of nitriles is 1. The Labute approximate surface area is 111 Å². The summed E-state index contributed by atoms with van der Waals surface area (Å²) < 4.78 is 5.62. The van der Waals surface area contributed by atoms with Gasteiger partial charge >= 0.3 is 0 Å². The van der Waals surface area contributed by atoms with Crippen molar-refractivity contribution >= 4 is 23.0 Å². The lowest BCUT2D eigenvalue weighted by Gasteiger charge is -1.97. The SMILES string of the molecule is CNC(=O)C(C#N)=Cc1cc2cc(C)c(C)cc2o1. The zero-order valence-corrected chi connectivity index (χ0v) is 11.1. The predicted octanol–water partition coefficient (Wildman–Crippen LogP) is 2.70. The van der Waals surface area contributed by atoms with E-state index in [1.165, 1.54) is 18.7 Å². The summed E-state index contributed by atoms with van der Waals surface area (Å²) in [7, 11) is 1.48. The van der Waals surface area contributed by atoms with Crippen LogP contribution >= 0.6 is 0 Å². The van der Waals surface area contributed by atoms with E-state index in [1.807, 2.05) is 38.1 Å². The lowest BCUT2D eigenvalue weighted by molar-refractivity contribution is -0.116. The van der Waals surface area contributed by atoms with Crippen molar-refractivity contribution in [1.82, 2.24) is 5.32 Å². The van der Waals surface area contributed by atoms with Gasteiger partial charge in [-0.05, 0) is 43.2 Å². The second kappa shape index (κ2) is 4.99. The third-order valence-electron chi connectivity index (χ3n) is 3.03. The number of rotatable bonds is 2. The van der Waals surface area contributed by atoms with E-state index in [4.69, 9.17) is 9.68 Å². The van der Waals surface area contributed by atoms with E-state index in [-0.39, 0.29) is 5.57 Å². The van der Waals surface area contributed by atoms with E-state index in [0.717, 1.165) is 16.5 Å². The van der Waals surface area contributed by atoms with Gasteiger partial charge in [0.25, 0.3) is 5.91 Å². The van der Waals surface area contributed by atoms with Gasteiger partial charge in [0.2, 0.25) is 0 Å². The Bertz CT molecular complexity index is 679. The third kappa shape index (κ3) is 2.50. The van der Waals surface area contributed by atoms with Gasteiger partial charge in [0, 0.05) is 18.5 Å². The van der Waals surface area contributed by atoms with Crippen LogP contribution in [0, 0.1) is 25.2 Å². The lowest BCUT2D eigenvalue weighted by atomic mass is 10.1. The van der Waals surface area contributed by atoms with Crippen LogP contribution in [0.15, 0.2) is 28.2 Å². The van der Waals surface area contributed by atoms with Gasteiger partial charge in [-0.2, -0.15) is 5.26 Å². The average molecular weight is 254 g/mol. The minimum atomic E-state index is -0.421. The molecule has 0 spiro atoms. The molecule has 2 aromatic rings. The van der Waals surface area contributed by atoms with E-state index >= 15 is 0 Å². The number of carbonyl (C=O) groups excluding carboxylic acids is 1. The van der Waals surface area contributed by atoms with Crippen molar-refractivity contribution in [2.75, 3.05) is 7.05 Å². The van der Waals surface area contributed by atoms with Crippen molar-refractivity contribution in [3.8, 4) is 6.07 Å². The molecule has 0 saturated carbocycles. The summed E-state index contributed by atoms with van der Waals surface area (Å²) >= 11 is 0. The molecule has 1 aromatic heterocycles. The molecular weight excluding hydrogens is 240 g/mol. The number of nitrogens with zero attached hydrogens (tertiary/aromatic N) is 1. The first-order valence-electron chi connectivity index (χ1n) is 5.90. The van der Waals surface area contributed by atoms with Gasteiger partial charge in [-0.15, -0.1) is 0 Å². The Morgan fingerprint density at radius 2 is 2.00 bits per heavy atom. The number of benzene rings is 1. The van der Waals surface area contributed by atoms with E-state index in [2.05, 4.69) is 5.32 Å². The molecular formula is C15H14N2O2. The Morgan fingerprint density at radius 1 is 1.32 bits per heavy atom. The fourth-order valence-corrected chi connectivity index (χ4v) is 1.82. The maximum Gasteiger partial charge on any atom is 0.261 e. The number of hydrogen-bond donors (Lipinski definition) is 1. The first kappa shape index (κ1) is 12.9. The third-order valence-corrected chi connectivity index (χ3v) is 3.03. The van der Waals surface area contributed by atoms with Crippen molar-refractivity contribution in [1.29, 1.82) is 5.26 Å². The minimum Gasteiger partial charge on any atom is -0.457 e. The summed E-state index contributed by atoms with van der Waals surface area (Å²) in [5.41, 5.74) is 3.10. The maximum absolute atomic E-state index is 11.4. The van der Waals surface area contributed by atoms with Crippen LogP contribution in [0.5, 0.6) is 0 Å². The van der Waals surface area contributed by atoms with E-state index in [9.17, 15) is 4.79 Å². The Kier molecular flexibility index (Phi) is 3.39. The molecule has 0 atom stereocenters. The van der Waals surface area contributed by atoms with Crippen LogP contribution in [0.4, 0.5) is 0 Å². The number of likely N-dealkylation sites (N-methyl/N-ethyl adjacent to an activating group) is 1. The second-order valence-corrected chi connectivity index (χ2v) is 4.37. The summed E-state index contributed by atoms with van der Waals surface area (Å²) in [4.78, 5) is 11.4. The number of amides is 1. The molecule has 1 N–H and O–H groups in total. The second-order valence-electron chi connectivity index (χ2n) is 4.37. The van der Waals surface area contributed by atoms with Crippen LogP contribution in [0.25, 0.3) is 17.0 Å². The molecule has 0 saturated heterocycles. The van der Waals surface area contributed by atoms with Crippen LogP contribution in [-0.2, 0) is 4.79 Å². The number of nitrogens with one attached hydrogen (secondary N) is 1. The molecule has 4 heteroatoms. The minimum absolute atomic E-state index is 0.0231. The van der Waals surface area contributed by atoms with E-state index in [0.29, 0.717) is 5.76 Å². The zero-order valence-electron chi connectivity index (χ0n) is 11.1. The van der Waals surface area contributed by atoms with Gasteiger partial charge in [0.1, 0.15) is 23.0 Å². The quantitative estimate of drug-likeness (QED) is 0.662. The number of carbonyl (C=O) groups is 1. The highest BCUT2D eigenvalue weighted by molar-refractivity contribution is 6.01. The molecule has 0 radical (unpaired) electrons. The fourth-order valence-electron chi connectivity index (χ4n) is 1.82. The standard InChI is InChI=1S/C15H14N2O2/c1-9-4-11-6-13(19-14(11)5-10(9)2)7-12(8-16)15(18)17-3/h4-7H,1-3H3,(H,17,18). The van der Waals surface area contributed by atoms with Gasteiger partial charge in [0.15, 0.2) is 0 Å². The van der Waals surface area contributed by atoms with Crippen LogP contribution in [-0.4, -0.2) is 13.0 Å². The molecule has 96 valence electrons. The largest absolute Gasteiger partial charge is 0.457 e.